The molecule has 0 amide bonds. The molecule has 23 heavy (non-hydrogen) atoms. The molecule has 0 N–H and O–H groups in total. The summed E-state index contributed by atoms with van der Waals surface area (Å²) in [6, 6.07) is 7.06. The van der Waals surface area contributed by atoms with Crippen LogP contribution in [-0.2, 0) is 10.2 Å². The zero-order valence-electron chi connectivity index (χ0n) is 14.4. The maximum Gasteiger partial charge on any atom is 0.161 e. The van der Waals surface area contributed by atoms with Gasteiger partial charge in [0.15, 0.2) is 11.5 Å². The molecule has 4 rings (SSSR count). The Balaban J connectivity index is 1.71. The van der Waals surface area contributed by atoms with Gasteiger partial charge in [-0.2, -0.15) is 0 Å². The van der Waals surface area contributed by atoms with Gasteiger partial charge >= 0.3 is 0 Å². The Hall–Kier alpha value is -1.26. The van der Waals surface area contributed by atoms with E-state index < -0.39 is 0 Å². The molecule has 0 bridgehead atoms. The number of nitrogens with zero attached hydrogens (tertiary/aromatic N) is 1. The number of likely N-dealkylation sites (N-methyl/N-ethyl adjacent to an activating group) is 1. The highest BCUT2D eigenvalue weighted by molar-refractivity contribution is 5.46. The lowest BCUT2D eigenvalue weighted by molar-refractivity contribution is -0.181. The highest BCUT2D eigenvalue weighted by Gasteiger charge is 2.56. The van der Waals surface area contributed by atoms with Crippen LogP contribution in [0.2, 0.25) is 0 Å². The number of likely N-dealkylation sites (tertiary alicyclic amines) is 1. The van der Waals surface area contributed by atoms with Crippen LogP contribution in [0.3, 0.4) is 0 Å². The molecule has 1 saturated carbocycles. The largest absolute Gasteiger partial charge is 0.493 e. The van der Waals surface area contributed by atoms with E-state index in [9.17, 15) is 0 Å². The van der Waals surface area contributed by atoms with Gasteiger partial charge in [-0.05, 0) is 63.4 Å². The summed E-state index contributed by atoms with van der Waals surface area (Å²) in [5.41, 5.74) is 1.81. The molecule has 3 aliphatic rings. The summed E-state index contributed by atoms with van der Waals surface area (Å²) >= 11 is 0. The van der Waals surface area contributed by atoms with E-state index in [2.05, 4.69) is 30.1 Å². The van der Waals surface area contributed by atoms with Crippen molar-refractivity contribution in [3.8, 4) is 11.5 Å². The summed E-state index contributed by atoms with van der Waals surface area (Å²) in [4.78, 5) is 2.54. The fraction of sp³-hybridized carbons (Fsp3) is 0.684. The third-order valence-corrected chi connectivity index (χ3v) is 6.60. The fourth-order valence-electron chi connectivity index (χ4n) is 5.04. The second-order valence-electron chi connectivity index (χ2n) is 7.46. The average Bonchev–Trinajstić information content (AvgIpc) is 2.90. The zero-order chi connectivity index (χ0) is 16.1. The number of methoxy groups -OCH3 is 2. The quantitative estimate of drug-likeness (QED) is 0.857. The van der Waals surface area contributed by atoms with Crippen molar-refractivity contribution in [3.63, 3.8) is 0 Å². The molecule has 4 heteroatoms. The standard InChI is InChI=1S/C19H27NO3/c1-20-10-8-19(7-6-18(9-11-23-18)13-17(19)20)14-4-5-15(21-2)16(12-14)22-3/h4-5,12,17H,6-11,13H2,1-3H3. The molecule has 3 fully saturated rings. The summed E-state index contributed by atoms with van der Waals surface area (Å²) in [5.74, 6) is 1.65. The van der Waals surface area contributed by atoms with E-state index in [0.717, 1.165) is 31.1 Å². The van der Waals surface area contributed by atoms with Crippen LogP contribution in [0, 0.1) is 0 Å². The van der Waals surface area contributed by atoms with E-state index in [1.807, 2.05) is 0 Å². The molecule has 3 atom stereocenters. The third-order valence-electron chi connectivity index (χ3n) is 6.60. The van der Waals surface area contributed by atoms with Gasteiger partial charge in [0.1, 0.15) is 0 Å². The SMILES string of the molecule is COc1ccc(C23CCN(C)C2CC2(CCO2)CC3)cc1OC. The Kier molecular flexibility index (Phi) is 3.58. The van der Waals surface area contributed by atoms with Crippen molar-refractivity contribution in [1.82, 2.24) is 4.90 Å². The minimum absolute atomic E-state index is 0.170. The number of ether oxygens (including phenoxy) is 3. The fourth-order valence-corrected chi connectivity index (χ4v) is 5.04. The van der Waals surface area contributed by atoms with Crippen molar-refractivity contribution in [1.29, 1.82) is 0 Å². The van der Waals surface area contributed by atoms with Crippen molar-refractivity contribution in [2.75, 3.05) is 34.4 Å². The molecule has 2 aliphatic heterocycles. The van der Waals surface area contributed by atoms with Gasteiger partial charge in [0.2, 0.25) is 0 Å². The van der Waals surface area contributed by atoms with Crippen LogP contribution in [0.15, 0.2) is 18.2 Å². The number of hydrogen-bond donors (Lipinski definition) is 0. The van der Waals surface area contributed by atoms with Crippen LogP contribution in [-0.4, -0.2) is 51.0 Å². The van der Waals surface area contributed by atoms with Gasteiger partial charge in [0.25, 0.3) is 0 Å². The molecule has 1 aliphatic carbocycles. The van der Waals surface area contributed by atoms with E-state index in [0.29, 0.717) is 6.04 Å². The molecule has 1 aromatic carbocycles. The van der Waals surface area contributed by atoms with Crippen LogP contribution in [0.25, 0.3) is 0 Å². The van der Waals surface area contributed by atoms with E-state index in [4.69, 9.17) is 14.2 Å². The lowest BCUT2D eigenvalue weighted by atomic mass is 9.61. The van der Waals surface area contributed by atoms with E-state index >= 15 is 0 Å². The minimum atomic E-state index is 0.170. The Morgan fingerprint density at radius 3 is 2.52 bits per heavy atom. The zero-order valence-corrected chi connectivity index (χ0v) is 14.4. The Morgan fingerprint density at radius 1 is 1.09 bits per heavy atom. The Morgan fingerprint density at radius 2 is 1.87 bits per heavy atom. The van der Waals surface area contributed by atoms with Gasteiger partial charge in [-0.25, -0.2) is 0 Å². The van der Waals surface area contributed by atoms with Gasteiger partial charge in [-0.15, -0.1) is 0 Å². The second-order valence-corrected chi connectivity index (χ2v) is 7.46. The molecular formula is C19H27NO3. The first-order chi connectivity index (χ1) is 11.1. The normalized spacial score (nSPS) is 36.6. The molecule has 3 unspecified atom stereocenters. The van der Waals surface area contributed by atoms with Gasteiger partial charge in [0.05, 0.1) is 26.4 Å². The lowest BCUT2D eigenvalue weighted by Gasteiger charge is -2.54. The summed E-state index contributed by atoms with van der Waals surface area (Å²) in [6.45, 7) is 2.11. The predicted molar refractivity (Wildman–Crippen MR) is 89.4 cm³/mol. The second kappa shape index (κ2) is 5.38. The number of fused-ring (bicyclic) bond motifs is 1. The first-order valence-electron chi connectivity index (χ1n) is 8.69. The molecule has 2 heterocycles. The maximum absolute atomic E-state index is 6.01. The van der Waals surface area contributed by atoms with Crippen molar-refractivity contribution in [2.24, 2.45) is 0 Å². The summed E-state index contributed by atoms with van der Waals surface area (Å²) < 4.78 is 17.0. The monoisotopic (exact) mass is 317 g/mol. The van der Waals surface area contributed by atoms with Crippen LogP contribution in [0.5, 0.6) is 11.5 Å². The van der Waals surface area contributed by atoms with E-state index in [1.54, 1.807) is 14.2 Å². The predicted octanol–water partition coefficient (Wildman–Crippen LogP) is 2.99. The van der Waals surface area contributed by atoms with Crippen LogP contribution >= 0.6 is 0 Å². The molecule has 1 spiro atoms. The van der Waals surface area contributed by atoms with Crippen molar-refractivity contribution < 1.29 is 14.2 Å². The number of rotatable bonds is 3. The average molecular weight is 317 g/mol. The number of hydrogen-bond acceptors (Lipinski definition) is 4. The number of benzene rings is 1. The van der Waals surface area contributed by atoms with Gasteiger partial charge in [0, 0.05) is 11.5 Å². The molecular weight excluding hydrogens is 290 g/mol. The topological polar surface area (TPSA) is 30.9 Å². The van der Waals surface area contributed by atoms with Gasteiger partial charge in [-0.1, -0.05) is 6.07 Å². The van der Waals surface area contributed by atoms with E-state index in [-0.39, 0.29) is 11.0 Å². The van der Waals surface area contributed by atoms with Gasteiger partial charge in [-0.3, -0.25) is 0 Å². The molecule has 2 saturated heterocycles. The maximum atomic E-state index is 6.01. The summed E-state index contributed by atoms with van der Waals surface area (Å²) in [6.07, 6.45) is 6.01. The molecule has 0 aromatic heterocycles. The minimum Gasteiger partial charge on any atom is -0.493 e. The smallest absolute Gasteiger partial charge is 0.161 e. The summed E-state index contributed by atoms with van der Waals surface area (Å²) in [7, 11) is 5.68. The molecule has 1 aromatic rings. The molecule has 0 radical (unpaired) electrons. The highest BCUT2D eigenvalue weighted by Crippen LogP contribution is 2.55. The highest BCUT2D eigenvalue weighted by atomic mass is 16.5. The Bertz CT molecular complexity index is 598. The molecule has 126 valence electrons. The molecule has 4 nitrogen and oxygen atoms in total. The van der Waals surface area contributed by atoms with Crippen LogP contribution in [0.1, 0.15) is 37.7 Å². The van der Waals surface area contributed by atoms with E-state index in [1.165, 1.54) is 31.2 Å². The van der Waals surface area contributed by atoms with Crippen LogP contribution < -0.4 is 9.47 Å². The van der Waals surface area contributed by atoms with Crippen molar-refractivity contribution in [2.45, 2.75) is 49.2 Å². The lowest BCUT2D eigenvalue weighted by Crippen LogP contribution is -2.57. The first-order valence-corrected chi connectivity index (χ1v) is 8.69. The Labute approximate surface area is 138 Å². The third kappa shape index (κ3) is 2.18. The van der Waals surface area contributed by atoms with Crippen molar-refractivity contribution in [3.05, 3.63) is 23.8 Å². The van der Waals surface area contributed by atoms with Crippen molar-refractivity contribution >= 4 is 0 Å². The van der Waals surface area contributed by atoms with Gasteiger partial charge < -0.3 is 19.1 Å². The first kappa shape index (κ1) is 15.3. The van der Waals surface area contributed by atoms with Crippen LogP contribution in [0.4, 0.5) is 0 Å². The summed E-state index contributed by atoms with van der Waals surface area (Å²) in [5, 5.41) is 0.